The summed E-state index contributed by atoms with van der Waals surface area (Å²) in [5.41, 5.74) is 6.57. The van der Waals surface area contributed by atoms with E-state index in [0.29, 0.717) is 6.61 Å². The summed E-state index contributed by atoms with van der Waals surface area (Å²) in [7, 11) is 3.85. The van der Waals surface area contributed by atoms with Crippen LogP contribution in [0.1, 0.15) is 28.1 Å². The van der Waals surface area contributed by atoms with E-state index in [0.717, 1.165) is 13.1 Å². The number of methoxy groups -OCH3 is 1. The summed E-state index contributed by atoms with van der Waals surface area (Å²) in [4.78, 5) is 0. The van der Waals surface area contributed by atoms with E-state index >= 15 is 0 Å². The van der Waals surface area contributed by atoms with Crippen molar-refractivity contribution >= 4 is 0 Å². The van der Waals surface area contributed by atoms with Crippen LogP contribution in [-0.2, 0) is 31.5 Å². The van der Waals surface area contributed by atoms with E-state index in [-0.39, 0.29) is 0 Å². The number of hydrogen-bond acceptors (Lipinski definition) is 2. The number of aryl methyl sites for hydroxylation is 1. The van der Waals surface area contributed by atoms with Crippen molar-refractivity contribution in [3.63, 3.8) is 0 Å². The molecule has 0 unspecified atom stereocenters. The van der Waals surface area contributed by atoms with Crippen LogP contribution in [0.25, 0.3) is 0 Å². The monoisotopic (exact) mass is 272 g/mol. The minimum Gasteiger partial charge on any atom is -0.380 e. The summed E-state index contributed by atoms with van der Waals surface area (Å²) in [6, 6.07) is 10.7. The molecule has 3 nitrogen and oxygen atoms in total. The van der Waals surface area contributed by atoms with Gasteiger partial charge in [0.15, 0.2) is 0 Å². The van der Waals surface area contributed by atoms with Crippen molar-refractivity contribution in [2.75, 3.05) is 7.11 Å². The average Bonchev–Trinajstić information content (AvgIpc) is 2.69. The first-order chi connectivity index (χ1) is 9.63. The molecule has 2 rings (SSSR count). The predicted molar refractivity (Wildman–Crippen MR) is 82.6 cm³/mol. The lowest BCUT2D eigenvalue weighted by atomic mass is 10.1. The molecule has 1 aromatic heterocycles. The fourth-order valence-corrected chi connectivity index (χ4v) is 2.47. The lowest BCUT2D eigenvalue weighted by Gasteiger charge is -2.10. The zero-order chi connectivity index (χ0) is 14.5. The Labute approximate surface area is 121 Å². The van der Waals surface area contributed by atoms with Crippen molar-refractivity contribution in [1.82, 2.24) is 9.88 Å². The van der Waals surface area contributed by atoms with Crippen molar-refractivity contribution in [3.05, 3.63) is 58.4 Å². The van der Waals surface area contributed by atoms with Gasteiger partial charge in [-0.15, -0.1) is 0 Å². The van der Waals surface area contributed by atoms with E-state index in [4.69, 9.17) is 4.74 Å². The zero-order valence-corrected chi connectivity index (χ0v) is 12.9. The van der Waals surface area contributed by atoms with Crippen molar-refractivity contribution in [1.29, 1.82) is 0 Å². The molecule has 0 aliphatic rings. The molecule has 0 aliphatic carbocycles. The van der Waals surface area contributed by atoms with Crippen molar-refractivity contribution < 1.29 is 4.74 Å². The van der Waals surface area contributed by atoms with Crippen molar-refractivity contribution in [3.8, 4) is 0 Å². The molecule has 1 aromatic carbocycles. The highest BCUT2D eigenvalue weighted by molar-refractivity contribution is 5.28. The fourth-order valence-electron chi connectivity index (χ4n) is 2.47. The summed E-state index contributed by atoms with van der Waals surface area (Å²) in [5, 5.41) is 3.53. The van der Waals surface area contributed by atoms with Gasteiger partial charge in [0.1, 0.15) is 0 Å². The third kappa shape index (κ3) is 3.30. The molecular weight excluding hydrogens is 248 g/mol. The van der Waals surface area contributed by atoms with Crippen LogP contribution in [0.3, 0.4) is 0 Å². The molecule has 2 aromatic rings. The lowest BCUT2D eigenvalue weighted by Crippen LogP contribution is -2.14. The molecule has 0 amide bonds. The maximum Gasteiger partial charge on any atom is 0.0716 e. The zero-order valence-electron chi connectivity index (χ0n) is 12.9. The fraction of sp³-hybridized carbons (Fsp3) is 0.412. The van der Waals surface area contributed by atoms with Crippen LogP contribution in [0.15, 0.2) is 30.3 Å². The second-order valence-electron chi connectivity index (χ2n) is 5.26. The van der Waals surface area contributed by atoms with E-state index in [1.54, 1.807) is 7.11 Å². The SMILES string of the molecule is COCc1ccccc1CNCc1cc(C)n(C)c1C. The molecule has 0 aliphatic heterocycles. The Kier molecular flexibility index (Phi) is 4.99. The maximum absolute atomic E-state index is 5.24. The van der Waals surface area contributed by atoms with Crippen LogP contribution in [0.2, 0.25) is 0 Å². The van der Waals surface area contributed by atoms with Gasteiger partial charge in [0.2, 0.25) is 0 Å². The third-order valence-electron chi connectivity index (χ3n) is 3.93. The Morgan fingerprint density at radius 2 is 1.70 bits per heavy atom. The van der Waals surface area contributed by atoms with Gasteiger partial charge in [0.25, 0.3) is 0 Å². The van der Waals surface area contributed by atoms with Crippen LogP contribution < -0.4 is 5.32 Å². The molecule has 0 atom stereocenters. The Bertz CT molecular complexity index is 572. The molecule has 0 bridgehead atoms. The van der Waals surface area contributed by atoms with E-state index in [2.05, 4.69) is 61.1 Å². The van der Waals surface area contributed by atoms with Crippen LogP contribution in [0.5, 0.6) is 0 Å². The first kappa shape index (κ1) is 14.8. The van der Waals surface area contributed by atoms with E-state index in [9.17, 15) is 0 Å². The number of ether oxygens (including phenoxy) is 1. The molecule has 3 heteroatoms. The number of nitrogens with zero attached hydrogens (tertiary/aromatic N) is 1. The van der Waals surface area contributed by atoms with Crippen molar-refractivity contribution in [2.45, 2.75) is 33.5 Å². The number of benzene rings is 1. The summed E-state index contributed by atoms with van der Waals surface area (Å²) in [5.74, 6) is 0. The van der Waals surface area contributed by atoms with Gasteiger partial charge in [0.05, 0.1) is 6.61 Å². The van der Waals surface area contributed by atoms with Gasteiger partial charge in [-0.25, -0.2) is 0 Å². The lowest BCUT2D eigenvalue weighted by molar-refractivity contribution is 0.184. The number of hydrogen-bond donors (Lipinski definition) is 1. The number of aromatic nitrogens is 1. The maximum atomic E-state index is 5.24. The summed E-state index contributed by atoms with van der Waals surface area (Å²) >= 11 is 0. The van der Waals surface area contributed by atoms with Crippen molar-refractivity contribution in [2.24, 2.45) is 7.05 Å². The Morgan fingerprint density at radius 1 is 1.05 bits per heavy atom. The normalized spacial score (nSPS) is 11.0. The van der Waals surface area contributed by atoms with E-state index < -0.39 is 0 Å². The predicted octanol–water partition coefficient (Wildman–Crippen LogP) is 3.08. The largest absolute Gasteiger partial charge is 0.380 e. The molecule has 0 spiro atoms. The highest BCUT2D eigenvalue weighted by Crippen LogP contribution is 2.14. The highest BCUT2D eigenvalue weighted by atomic mass is 16.5. The standard InChI is InChI=1S/C17H24N2O/c1-13-9-17(14(2)19(13)3)11-18-10-15-7-5-6-8-16(15)12-20-4/h5-9,18H,10-12H2,1-4H3. The van der Waals surface area contributed by atoms with Crippen LogP contribution >= 0.6 is 0 Å². The molecule has 0 fully saturated rings. The minimum absolute atomic E-state index is 0.668. The summed E-state index contributed by atoms with van der Waals surface area (Å²) in [6.07, 6.45) is 0. The molecule has 0 saturated carbocycles. The molecule has 108 valence electrons. The Hall–Kier alpha value is -1.58. The Morgan fingerprint density at radius 3 is 2.30 bits per heavy atom. The Balaban J connectivity index is 1.97. The van der Waals surface area contributed by atoms with Gasteiger partial charge in [-0.3, -0.25) is 0 Å². The average molecular weight is 272 g/mol. The summed E-state index contributed by atoms with van der Waals surface area (Å²) in [6.45, 7) is 6.75. The second kappa shape index (κ2) is 6.73. The van der Waals surface area contributed by atoms with Crippen LogP contribution in [-0.4, -0.2) is 11.7 Å². The first-order valence-electron chi connectivity index (χ1n) is 7.01. The molecule has 0 radical (unpaired) electrons. The third-order valence-corrected chi connectivity index (χ3v) is 3.93. The van der Waals surface area contributed by atoms with Gasteiger partial charge in [-0.2, -0.15) is 0 Å². The first-order valence-corrected chi connectivity index (χ1v) is 7.01. The van der Waals surface area contributed by atoms with Crippen LogP contribution in [0.4, 0.5) is 0 Å². The van der Waals surface area contributed by atoms with Gasteiger partial charge >= 0.3 is 0 Å². The van der Waals surface area contributed by atoms with Gasteiger partial charge in [0, 0.05) is 38.6 Å². The van der Waals surface area contributed by atoms with E-state index in [1.807, 2.05) is 0 Å². The quantitative estimate of drug-likeness (QED) is 0.874. The summed E-state index contributed by atoms with van der Waals surface area (Å²) < 4.78 is 7.47. The molecule has 1 N–H and O–H groups in total. The molecule has 0 saturated heterocycles. The van der Waals surface area contributed by atoms with Gasteiger partial charge < -0.3 is 14.6 Å². The number of rotatable bonds is 6. The topological polar surface area (TPSA) is 26.2 Å². The highest BCUT2D eigenvalue weighted by Gasteiger charge is 2.06. The molecule has 1 heterocycles. The number of nitrogens with one attached hydrogen (secondary N) is 1. The van der Waals surface area contributed by atoms with E-state index in [1.165, 1.54) is 28.1 Å². The molecular formula is C17H24N2O. The van der Waals surface area contributed by atoms with Gasteiger partial charge in [-0.05, 0) is 36.6 Å². The minimum atomic E-state index is 0.668. The van der Waals surface area contributed by atoms with Crippen LogP contribution in [0, 0.1) is 13.8 Å². The molecule has 20 heavy (non-hydrogen) atoms. The smallest absolute Gasteiger partial charge is 0.0716 e. The van der Waals surface area contributed by atoms with Gasteiger partial charge in [-0.1, -0.05) is 24.3 Å². The second-order valence-corrected chi connectivity index (χ2v) is 5.26.